The molecule has 1 unspecified atom stereocenters. The van der Waals surface area contributed by atoms with Gasteiger partial charge < -0.3 is 15.2 Å². The zero-order valence-electron chi connectivity index (χ0n) is 12.1. The molecule has 8 heteroatoms. The molecule has 2 heterocycles. The third-order valence-corrected chi connectivity index (χ3v) is 3.99. The van der Waals surface area contributed by atoms with Crippen molar-refractivity contribution in [1.82, 2.24) is 10.2 Å². The lowest BCUT2D eigenvalue weighted by molar-refractivity contribution is -0.147. The fraction of sp³-hybridized carbons (Fsp3) is 0.333. The van der Waals surface area contributed by atoms with Crippen molar-refractivity contribution in [2.45, 2.75) is 12.0 Å². The van der Waals surface area contributed by atoms with Crippen molar-refractivity contribution in [3.05, 3.63) is 35.4 Å². The highest BCUT2D eigenvalue weighted by Gasteiger charge is 2.45. The second-order valence-corrected chi connectivity index (χ2v) is 5.48. The normalized spacial score (nSPS) is 23.0. The number of aliphatic carboxylic acids is 1. The van der Waals surface area contributed by atoms with Gasteiger partial charge in [0.15, 0.2) is 5.54 Å². The molecule has 0 bridgehead atoms. The molecule has 8 nitrogen and oxygen atoms in total. The Kier molecular flexibility index (Phi) is 3.61. The van der Waals surface area contributed by atoms with E-state index in [0.717, 1.165) is 4.90 Å². The summed E-state index contributed by atoms with van der Waals surface area (Å²) in [5.74, 6) is -3.04. The van der Waals surface area contributed by atoms with Gasteiger partial charge in [0.2, 0.25) is 5.91 Å². The number of amides is 3. The summed E-state index contributed by atoms with van der Waals surface area (Å²) in [5.41, 5.74) is -1.03. The molecule has 2 aliphatic rings. The number of ether oxygens (including phenoxy) is 1. The first kappa shape index (κ1) is 15.2. The number of carbonyl (C=O) groups excluding carboxylic acids is 3. The lowest BCUT2D eigenvalue weighted by Gasteiger charge is -2.24. The molecule has 0 spiro atoms. The Bertz CT molecular complexity index is 673. The largest absolute Gasteiger partial charge is 0.479 e. The van der Waals surface area contributed by atoms with Gasteiger partial charge in [-0.15, -0.1) is 0 Å². The van der Waals surface area contributed by atoms with E-state index < -0.39 is 35.8 Å². The van der Waals surface area contributed by atoms with Crippen LogP contribution in [-0.2, 0) is 14.3 Å². The molecule has 1 fully saturated rings. The first-order valence-corrected chi connectivity index (χ1v) is 7.02. The quantitative estimate of drug-likeness (QED) is 0.733. The maximum Gasteiger partial charge on any atom is 0.331 e. The second-order valence-electron chi connectivity index (χ2n) is 5.48. The molecule has 2 aliphatic heterocycles. The van der Waals surface area contributed by atoms with E-state index in [9.17, 15) is 24.3 Å². The number of nitrogens with one attached hydrogen (secondary N) is 1. The number of benzene rings is 1. The van der Waals surface area contributed by atoms with Gasteiger partial charge in [-0.05, 0) is 12.1 Å². The van der Waals surface area contributed by atoms with Crippen LogP contribution in [0.4, 0.5) is 0 Å². The van der Waals surface area contributed by atoms with E-state index >= 15 is 0 Å². The fourth-order valence-electron chi connectivity index (χ4n) is 2.72. The zero-order valence-corrected chi connectivity index (χ0v) is 12.1. The standard InChI is InChI=1S/C15H14N2O6/c18-11(16-15(14(21)22)5-6-23-8-15)7-17-12(19)9-3-1-2-4-10(9)13(17)20/h1-4H,5-8H2,(H,16,18)(H,21,22). The Hall–Kier alpha value is -2.74. The minimum absolute atomic E-state index is 0.135. The van der Waals surface area contributed by atoms with Crippen LogP contribution in [0.25, 0.3) is 0 Å². The Morgan fingerprint density at radius 1 is 1.22 bits per heavy atom. The van der Waals surface area contributed by atoms with Crippen LogP contribution < -0.4 is 5.32 Å². The molecule has 3 amide bonds. The third kappa shape index (κ3) is 2.46. The predicted molar refractivity (Wildman–Crippen MR) is 75.8 cm³/mol. The van der Waals surface area contributed by atoms with Crippen molar-refractivity contribution < 1.29 is 29.0 Å². The van der Waals surface area contributed by atoms with Crippen LogP contribution in [0.15, 0.2) is 24.3 Å². The first-order chi connectivity index (χ1) is 10.9. The van der Waals surface area contributed by atoms with Crippen LogP contribution in [0.1, 0.15) is 27.1 Å². The molecule has 0 aliphatic carbocycles. The summed E-state index contributed by atoms with van der Waals surface area (Å²) in [6.45, 7) is -0.447. The van der Waals surface area contributed by atoms with Gasteiger partial charge in [0, 0.05) is 13.0 Å². The highest BCUT2D eigenvalue weighted by atomic mass is 16.5. The molecule has 3 rings (SSSR count). The van der Waals surface area contributed by atoms with Gasteiger partial charge in [-0.25, -0.2) is 4.79 Å². The number of carboxylic acids is 1. The molecule has 1 saturated heterocycles. The average molecular weight is 318 g/mol. The summed E-state index contributed by atoms with van der Waals surface area (Å²) in [7, 11) is 0. The van der Waals surface area contributed by atoms with Crippen LogP contribution in [0.2, 0.25) is 0 Å². The Balaban J connectivity index is 1.73. The van der Waals surface area contributed by atoms with Crippen molar-refractivity contribution in [3.8, 4) is 0 Å². The van der Waals surface area contributed by atoms with Crippen molar-refractivity contribution in [2.24, 2.45) is 0 Å². The van der Waals surface area contributed by atoms with Gasteiger partial charge in [0.25, 0.3) is 11.8 Å². The number of fused-ring (bicyclic) bond motifs is 1. The number of imide groups is 1. The fourth-order valence-corrected chi connectivity index (χ4v) is 2.72. The van der Waals surface area contributed by atoms with E-state index in [1.54, 1.807) is 12.1 Å². The number of hydrogen-bond acceptors (Lipinski definition) is 5. The lowest BCUT2D eigenvalue weighted by atomic mass is 9.99. The van der Waals surface area contributed by atoms with E-state index in [-0.39, 0.29) is 30.8 Å². The van der Waals surface area contributed by atoms with Crippen molar-refractivity contribution in [1.29, 1.82) is 0 Å². The van der Waals surface area contributed by atoms with Gasteiger partial charge in [-0.1, -0.05) is 12.1 Å². The molecule has 120 valence electrons. The molecule has 23 heavy (non-hydrogen) atoms. The number of rotatable bonds is 4. The number of carbonyl (C=O) groups is 4. The van der Waals surface area contributed by atoms with E-state index in [0.29, 0.717) is 0 Å². The first-order valence-electron chi connectivity index (χ1n) is 7.02. The van der Waals surface area contributed by atoms with Gasteiger partial charge in [0.05, 0.1) is 17.7 Å². The number of hydrogen-bond donors (Lipinski definition) is 2. The molecule has 0 saturated carbocycles. The monoisotopic (exact) mass is 318 g/mol. The SMILES string of the molecule is O=C(CN1C(=O)c2ccccc2C1=O)NC1(C(=O)O)CCOC1. The summed E-state index contributed by atoms with van der Waals surface area (Å²) in [5, 5.41) is 11.7. The third-order valence-electron chi connectivity index (χ3n) is 3.99. The van der Waals surface area contributed by atoms with Crippen LogP contribution in [0.3, 0.4) is 0 Å². The summed E-state index contributed by atoms with van der Waals surface area (Å²) in [6, 6.07) is 6.28. The topological polar surface area (TPSA) is 113 Å². The summed E-state index contributed by atoms with van der Waals surface area (Å²) in [6.07, 6.45) is 0.135. The van der Waals surface area contributed by atoms with Gasteiger partial charge in [-0.3, -0.25) is 19.3 Å². The average Bonchev–Trinajstić information content (AvgIpc) is 3.08. The minimum Gasteiger partial charge on any atom is -0.479 e. The van der Waals surface area contributed by atoms with E-state index in [1.807, 2.05) is 0 Å². The smallest absolute Gasteiger partial charge is 0.331 e. The molecule has 1 atom stereocenters. The molecule has 0 aromatic heterocycles. The van der Waals surface area contributed by atoms with E-state index in [4.69, 9.17) is 4.74 Å². The summed E-state index contributed by atoms with van der Waals surface area (Å²) in [4.78, 5) is 48.7. The minimum atomic E-state index is -1.50. The molecular weight excluding hydrogens is 304 g/mol. The number of nitrogens with zero attached hydrogens (tertiary/aromatic N) is 1. The zero-order chi connectivity index (χ0) is 16.6. The van der Waals surface area contributed by atoms with Crippen LogP contribution in [-0.4, -0.2) is 59.0 Å². The highest BCUT2D eigenvalue weighted by molar-refractivity contribution is 6.22. The van der Waals surface area contributed by atoms with Crippen molar-refractivity contribution >= 4 is 23.7 Å². The van der Waals surface area contributed by atoms with Crippen molar-refractivity contribution in [3.63, 3.8) is 0 Å². The predicted octanol–water partition coefficient (Wildman–Crippen LogP) is -0.357. The number of carboxylic acid groups (broad SMARTS) is 1. The molecular formula is C15H14N2O6. The molecule has 2 N–H and O–H groups in total. The lowest BCUT2D eigenvalue weighted by Crippen LogP contribution is -2.57. The molecule has 1 aromatic carbocycles. The van der Waals surface area contributed by atoms with E-state index in [2.05, 4.69) is 5.32 Å². The highest BCUT2D eigenvalue weighted by Crippen LogP contribution is 2.23. The molecule has 1 aromatic rings. The Labute approximate surface area is 131 Å². The maximum absolute atomic E-state index is 12.2. The Morgan fingerprint density at radius 3 is 2.30 bits per heavy atom. The van der Waals surface area contributed by atoms with Crippen LogP contribution in [0, 0.1) is 0 Å². The molecule has 0 radical (unpaired) electrons. The van der Waals surface area contributed by atoms with Gasteiger partial charge >= 0.3 is 5.97 Å². The summed E-state index contributed by atoms with van der Waals surface area (Å²) < 4.78 is 5.04. The maximum atomic E-state index is 12.2. The van der Waals surface area contributed by atoms with Crippen LogP contribution >= 0.6 is 0 Å². The van der Waals surface area contributed by atoms with Gasteiger partial charge in [0.1, 0.15) is 6.54 Å². The van der Waals surface area contributed by atoms with Crippen LogP contribution in [0.5, 0.6) is 0 Å². The summed E-state index contributed by atoms with van der Waals surface area (Å²) >= 11 is 0. The van der Waals surface area contributed by atoms with Crippen molar-refractivity contribution in [2.75, 3.05) is 19.8 Å². The Morgan fingerprint density at radius 2 is 1.83 bits per heavy atom. The van der Waals surface area contributed by atoms with E-state index in [1.165, 1.54) is 12.1 Å². The van der Waals surface area contributed by atoms with Gasteiger partial charge in [-0.2, -0.15) is 0 Å². The second kappa shape index (κ2) is 5.47.